The number of nitrogens with one attached hydrogen (secondary N) is 3. The smallest absolute Gasteiger partial charge is 0.323 e. The van der Waals surface area contributed by atoms with Crippen LogP contribution in [0, 0.1) is 19.8 Å². The molecule has 0 aliphatic carbocycles. The van der Waals surface area contributed by atoms with Crippen molar-refractivity contribution >= 4 is 46.6 Å². The summed E-state index contributed by atoms with van der Waals surface area (Å²) in [6.07, 6.45) is -0.350. The van der Waals surface area contributed by atoms with Crippen LogP contribution in [0.1, 0.15) is 35.7 Å². The molecule has 12 nitrogen and oxygen atoms in total. The Hall–Kier alpha value is -4.29. The van der Waals surface area contributed by atoms with Gasteiger partial charge in [0.2, 0.25) is 0 Å². The second-order valence-electron chi connectivity index (χ2n) is 10.7. The normalized spacial score (nSPS) is 19.4. The van der Waals surface area contributed by atoms with E-state index in [1.54, 1.807) is 80.3 Å². The minimum Gasteiger partial charge on any atom is -0.491 e. The van der Waals surface area contributed by atoms with Gasteiger partial charge >= 0.3 is 12.1 Å². The lowest BCUT2D eigenvalue weighted by Crippen LogP contribution is -2.50. The van der Waals surface area contributed by atoms with Crippen LogP contribution in [-0.4, -0.2) is 78.9 Å². The van der Waals surface area contributed by atoms with Crippen molar-refractivity contribution in [3.63, 3.8) is 0 Å². The van der Waals surface area contributed by atoms with E-state index in [0.29, 0.717) is 45.6 Å². The standard InChI is InChI=1S/C30H37ClN6O6/c1-17-14-37(30(40)34-27-19(3)35-43-20(27)4)18(2)16-42-25-13-23(33-29(39)32-22-9-7-21(31)8-10-22)11-12-24(25)28(38)36(5)15-26(17)41-6/h7-13,17-18,26H,14-16H2,1-6H3,(H,34,40)(H2,32,33,39)/t17-,18+,26-/m0/s1. The molecule has 0 unspecified atom stereocenters. The molecule has 0 spiro atoms. The SMILES string of the molecule is CO[C@H]1CN(C)C(=O)c2ccc(NC(=O)Nc3ccc(Cl)cc3)cc2OC[C@@H](C)N(C(=O)Nc2c(C)noc2C)C[C@@H]1C. The van der Waals surface area contributed by atoms with Gasteiger partial charge in [0, 0.05) is 55.6 Å². The molecule has 3 atom stereocenters. The summed E-state index contributed by atoms with van der Waals surface area (Å²) in [5.74, 6) is 0.383. The van der Waals surface area contributed by atoms with Crippen molar-refractivity contribution in [3.8, 4) is 5.75 Å². The van der Waals surface area contributed by atoms with Crippen LogP contribution in [0.25, 0.3) is 0 Å². The highest BCUT2D eigenvalue weighted by Gasteiger charge is 2.31. The maximum Gasteiger partial charge on any atom is 0.323 e. The topological polar surface area (TPSA) is 138 Å². The molecule has 0 radical (unpaired) electrons. The molecule has 0 fully saturated rings. The van der Waals surface area contributed by atoms with E-state index in [0.717, 1.165) is 0 Å². The fourth-order valence-corrected chi connectivity index (χ4v) is 4.93. The van der Waals surface area contributed by atoms with E-state index in [4.69, 9.17) is 25.6 Å². The highest BCUT2D eigenvalue weighted by molar-refractivity contribution is 6.30. The van der Waals surface area contributed by atoms with Crippen LogP contribution < -0.4 is 20.7 Å². The van der Waals surface area contributed by atoms with E-state index >= 15 is 0 Å². The van der Waals surface area contributed by atoms with Gasteiger partial charge < -0.3 is 39.7 Å². The van der Waals surface area contributed by atoms with Crippen molar-refractivity contribution in [1.82, 2.24) is 15.0 Å². The Morgan fingerprint density at radius 2 is 1.70 bits per heavy atom. The first kappa shape index (κ1) is 31.6. The predicted molar refractivity (Wildman–Crippen MR) is 164 cm³/mol. The first-order valence-electron chi connectivity index (χ1n) is 13.9. The summed E-state index contributed by atoms with van der Waals surface area (Å²) in [6.45, 7) is 8.01. The summed E-state index contributed by atoms with van der Waals surface area (Å²) in [4.78, 5) is 43.0. The van der Waals surface area contributed by atoms with E-state index < -0.39 is 12.1 Å². The average Bonchev–Trinajstić information content (AvgIpc) is 3.29. The van der Waals surface area contributed by atoms with Gasteiger partial charge in [-0.15, -0.1) is 0 Å². The molecular weight excluding hydrogens is 576 g/mol. The lowest BCUT2D eigenvalue weighted by molar-refractivity contribution is 0.0174. The Labute approximate surface area is 255 Å². The van der Waals surface area contributed by atoms with Crippen LogP contribution in [0.15, 0.2) is 47.0 Å². The molecule has 2 heterocycles. The van der Waals surface area contributed by atoms with E-state index in [9.17, 15) is 14.4 Å². The third-order valence-corrected chi connectivity index (χ3v) is 7.58. The number of benzene rings is 2. The number of hydrogen-bond acceptors (Lipinski definition) is 7. The Balaban J connectivity index is 1.60. The number of likely N-dealkylation sites (N-methyl/N-ethyl adjacent to an activating group) is 1. The second-order valence-corrected chi connectivity index (χ2v) is 11.1. The monoisotopic (exact) mass is 612 g/mol. The van der Waals surface area contributed by atoms with Crippen molar-refractivity contribution < 1.29 is 28.4 Å². The van der Waals surface area contributed by atoms with Gasteiger partial charge in [-0.3, -0.25) is 4.79 Å². The zero-order valence-corrected chi connectivity index (χ0v) is 25.8. The molecule has 43 heavy (non-hydrogen) atoms. The number of carbonyl (C=O) groups excluding carboxylic acids is 3. The Morgan fingerprint density at radius 3 is 2.35 bits per heavy atom. The number of carbonyl (C=O) groups is 3. The lowest BCUT2D eigenvalue weighted by Gasteiger charge is -2.36. The number of nitrogens with zero attached hydrogens (tertiary/aromatic N) is 3. The third-order valence-electron chi connectivity index (χ3n) is 7.33. The van der Waals surface area contributed by atoms with E-state index in [1.165, 1.54) is 0 Å². The van der Waals surface area contributed by atoms with Crippen LogP contribution in [0.2, 0.25) is 5.02 Å². The van der Waals surface area contributed by atoms with Crippen molar-refractivity contribution in [1.29, 1.82) is 0 Å². The number of rotatable bonds is 4. The van der Waals surface area contributed by atoms with Gasteiger partial charge in [-0.1, -0.05) is 23.7 Å². The largest absolute Gasteiger partial charge is 0.491 e. The lowest BCUT2D eigenvalue weighted by atomic mass is 10.0. The van der Waals surface area contributed by atoms with E-state index in [-0.39, 0.29) is 42.9 Å². The molecule has 1 aliphatic rings. The summed E-state index contributed by atoms with van der Waals surface area (Å²) in [5, 5.41) is 12.9. The van der Waals surface area contributed by atoms with Crippen molar-refractivity contribution in [2.24, 2.45) is 5.92 Å². The average molecular weight is 613 g/mol. The van der Waals surface area contributed by atoms with Crippen LogP contribution in [0.5, 0.6) is 5.75 Å². The van der Waals surface area contributed by atoms with Crippen molar-refractivity contribution in [2.75, 3.05) is 49.8 Å². The van der Waals surface area contributed by atoms with Gasteiger partial charge in [-0.05, 0) is 57.2 Å². The molecular formula is C30H37ClN6O6. The van der Waals surface area contributed by atoms with Crippen molar-refractivity contribution in [2.45, 2.75) is 39.8 Å². The number of hydrogen-bond donors (Lipinski definition) is 3. The van der Waals surface area contributed by atoms with Gasteiger partial charge in [0.1, 0.15) is 23.7 Å². The highest BCUT2D eigenvalue weighted by atomic mass is 35.5. The molecule has 0 bridgehead atoms. The Bertz CT molecular complexity index is 1440. The number of anilines is 3. The minimum absolute atomic E-state index is 0.0732. The number of amides is 5. The summed E-state index contributed by atoms with van der Waals surface area (Å²) in [5.41, 5.74) is 2.38. The summed E-state index contributed by atoms with van der Waals surface area (Å²) in [6, 6.07) is 10.3. The van der Waals surface area contributed by atoms with Crippen LogP contribution >= 0.6 is 11.6 Å². The third kappa shape index (κ3) is 7.76. The first-order valence-corrected chi connectivity index (χ1v) is 14.2. The van der Waals surface area contributed by atoms with Crippen LogP contribution in [-0.2, 0) is 4.74 Å². The molecule has 3 aromatic rings. The number of aromatic nitrogens is 1. The molecule has 1 aromatic heterocycles. The van der Waals surface area contributed by atoms with Gasteiger partial charge in [0.05, 0.1) is 17.7 Å². The maximum absolute atomic E-state index is 13.6. The quantitative estimate of drug-likeness (QED) is 0.347. The number of ether oxygens (including phenoxy) is 2. The molecule has 0 saturated carbocycles. The van der Waals surface area contributed by atoms with E-state index in [2.05, 4.69) is 21.1 Å². The van der Waals surface area contributed by atoms with Gasteiger partial charge in [-0.25, -0.2) is 9.59 Å². The zero-order valence-electron chi connectivity index (χ0n) is 25.1. The maximum atomic E-state index is 13.6. The first-order chi connectivity index (χ1) is 20.5. The molecule has 4 rings (SSSR count). The molecule has 5 amide bonds. The zero-order chi connectivity index (χ0) is 31.3. The van der Waals surface area contributed by atoms with Crippen LogP contribution in [0.3, 0.4) is 0 Å². The molecule has 230 valence electrons. The molecule has 2 aromatic carbocycles. The van der Waals surface area contributed by atoms with Crippen molar-refractivity contribution in [3.05, 3.63) is 64.5 Å². The number of halogens is 1. The van der Waals surface area contributed by atoms with E-state index in [1.807, 2.05) is 13.8 Å². The molecule has 1 aliphatic heterocycles. The number of methoxy groups -OCH3 is 1. The number of aryl methyl sites for hydroxylation is 2. The molecule has 3 N–H and O–H groups in total. The summed E-state index contributed by atoms with van der Waals surface area (Å²) >= 11 is 5.93. The highest BCUT2D eigenvalue weighted by Crippen LogP contribution is 2.28. The summed E-state index contributed by atoms with van der Waals surface area (Å²) < 4.78 is 17.2. The van der Waals surface area contributed by atoms with Gasteiger partial charge in [0.25, 0.3) is 5.91 Å². The molecule has 0 saturated heterocycles. The number of urea groups is 2. The summed E-state index contributed by atoms with van der Waals surface area (Å²) in [7, 11) is 3.28. The Kier molecular flexibility index (Phi) is 10.1. The fraction of sp³-hybridized carbons (Fsp3) is 0.400. The van der Waals surface area contributed by atoms with Crippen LogP contribution in [0.4, 0.5) is 26.7 Å². The minimum atomic E-state index is -0.480. The fourth-order valence-electron chi connectivity index (χ4n) is 4.80. The van der Waals surface area contributed by atoms with Gasteiger partial charge in [0.15, 0.2) is 5.76 Å². The predicted octanol–water partition coefficient (Wildman–Crippen LogP) is 5.63. The van der Waals surface area contributed by atoms with Gasteiger partial charge in [-0.2, -0.15) is 0 Å². The molecule has 13 heteroatoms. The number of fused-ring (bicyclic) bond motifs is 1. The second kappa shape index (κ2) is 13.8. The Morgan fingerprint density at radius 1 is 1.02 bits per heavy atom.